The topological polar surface area (TPSA) is 9.23 Å². The third kappa shape index (κ3) is 6.36. The molecular weight excluding hydrogens is 164 g/mol. The quantitative estimate of drug-likeness (QED) is 0.615. The van der Waals surface area contributed by atoms with E-state index in [0.29, 0.717) is 4.38 Å². The molecular formula is C7H14OS2. The third-order valence-corrected chi connectivity index (χ3v) is 2.15. The summed E-state index contributed by atoms with van der Waals surface area (Å²) in [5.74, 6) is 1.06. The predicted molar refractivity (Wildman–Crippen MR) is 51.6 cm³/mol. The summed E-state index contributed by atoms with van der Waals surface area (Å²) in [7, 11) is 0. The Morgan fingerprint density at radius 1 is 1.60 bits per heavy atom. The molecule has 0 N–H and O–H groups in total. The van der Waals surface area contributed by atoms with Crippen LogP contribution < -0.4 is 0 Å². The SMILES string of the molecule is CCCSC(=S)OC(C)C. The van der Waals surface area contributed by atoms with Gasteiger partial charge in [0.05, 0.1) is 6.10 Å². The molecule has 0 rings (SSSR count). The Bertz CT molecular complexity index is 102. The van der Waals surface area contributed by atoms with Gasteiger partial charge in [-0.25, -0.2) is 0 Å². The minimum Gasteiger partial charge on any atom is -0.476 e. The maximum Gasteiger partial charge on any atom is 0.220 e. The fourth-order valence-electron chi connectivity index (χ4n) is 0.412. The molecule has 60 valence electrons. The monoisotopic (exact) mass is 178 g/mol. The van der Waals surface area contributed by atoms with Crippen molar-refractivity contribution in [1.82, 2.24) is 0 Å². The number of ether oxygens (including phenoxy) is 1. The molecule has 0 spiro atoms. The first-order chi connectivity index (χ1) is 4.66. The van der Waals surface area contributed by atoms with Crippen molar-refractivity contribution < 1.29 is 4.74 Å². The van der Waals surface area contributed by atoms with E-state index in [0.717, 1.165) is 12.2 Å². The van der Waals surface area contributed by atoms with Gasteiger partial charge in [-0.15, -0.1) is 0 Å². The lowest BCUT2D eigenvalue weighted by Gasteiger charge is -2.08. The van der Waals surface area contributed by atoms with Gasteiger partial charge in [-0.2, -0.15) is 0 Å². The molecule has 3 heteroatoms. The molecule has 10 heavy (non-hydrogen) atoms. The number of rotatable bonds is 3. The second-order valence-electron chi connectivity index (χ2n) is 2.27. The Balaban J connectivity index is 3.26. The summed E-state index contributed by atoms with van der Waals surface area (Å²) in [6.07, 6.45) is 1.36. The van der Waals surface area contributed by atoms with Crippen LogP contribution in [0.3, 0.4) is 0 Å². The van der Waals surface area contributed by atoms with Crippen LogP contribution in [0.25, 0.3) is 0 Å². The summed E-state index contributed by atoms with van der Waals surface area (Å²) < 4.78 is 5.92. The summed E-state index contributed by atoms with van der Waals surface area (Å²) in [6.45, 7) is 6.10. The van der Waals surface area contributed by atoms with Gasteiger partial charge in [-0.05, 0) is 32.5 Å². The van der Waals surface area contributed by atoms with Crippen molar-refractivity contribution in [3.63, 3.8) is 0 Å². The van der Waals surface area contributed by atoms with Gasteiger partial charge in [0.2, 0.25) is 4.38 Å². The standard InChI is InChI=1S/C7H14OS2/c1-4-5-10-7(9)8-6(2)3/h6H,4-5H2,1-3H3. The van der Waals surface area contributed by atoms with Crippen molar-refractivity contribution in [2.24, 2.45) is 0 Å². The van der Waals surface area contributed by atoms with Gasteiger partial charge in [0.1, 0.15) is 0 Å². The molecule has 1 nitrogen and oxygen atoms in total. The Morgan fingerprint density at radius 3 is 2.60 bits per heavy atom. The summed E-state index contributed by atoms with van der Waals surface area (Å²) in [4.78, 5) is 0. The maximum atomic E-state index is 5.25. The second kappa shape index (κ2) is 5.98. The Labute approximate surface area is 72.5 Å². The highest BCUT2D eigenvalue weighted by Crippen LogP contribution is 2.08. The zero-order valence-electron chi connectivity index (χ0n) is 6.72. The zero-order valence-corrected chi connectivity index (χ0v) is 8.35. The average Bonchev–Trinajstić information content (AvgIpc) is 1.82. The average molecular weight is 178 g/mol. The van der Waals surface area contributed by atoms with Crippen LogP contribution >= 0.6 is 24.0 Å². The van der Waals surface area contributed by atoms with Crippen molar-refractivity contribution in [3.05, 3.63) is 0 Å². The molecule has 0 aliphatic rings. The minimum atomic E-state index is 0.219. The van der Waals surface area contributed by atoms with Crippen molar-refractivity contribution in [2.75, 3.05) is 5.75 Å². The number of hydrogen-bond acceptors (Lipinski definition) is 3. The molecule has 0 aromatic heterocycles. The molecule has 0 unspecified atom stereocenters. The molecule has 0 aliphatic heterocycles. The van der Waals surface area contributed by atoms with E-state index in [1.807, 2.05) is 13.8 Å². The van der Waals surface area contributed by atoms with Gasteiger partial charge in [-0.1, -0.05) is 18.7 Å². The van der Waals surface area contributed by atoms with Crippen molar-refractivity contribution in [2.45, 2.75) is 33.3 Å². The van der Waals surface area contributed by atoms with Gasteiger partial charge in [0, 0.05) is 5.75 Å². The molecule has 0 aromatic rings. The van der Waals surface area contributed by atoms with E-state index in [1.54, 1.807) is 11.8 Å². The number of hydrogen-bond donors (Lipinski definition) is 0. The van der Waals surface area contributed by atoms with Crippen molar-refractivity contribution in [1.29, 1.82) is 0 Å². The molecule has 0 fully saturated rings. The van der Waals surface area contributed by atoms with Gasteiger partial charge in [0.15, 0.2) is 0 Å². The second-order valence-corrected chi connectivity index (χ2v) is 3.96. The number of thioether (sulfide) groups is 1. The molecule has 0 amide bonds. The van der Waals surface area contributed by atoms with Gasteiger partial charge >= 0.3 is 0 Å². The minimum absolute atomic E-state index is 0.219. The summed E-state index contributed by atoms with van der Waals surface area (Å²) >= 11 is 6.55. The lowest BCUT2D eigenvalue weighted by molar-refractivity contribution is 0.243. The molecule has 0 heterocycles. The van der Waals surface area contributed by atoms with Crippen molar-refractivity contribution in [3.8, 4) is 0 Å². The van der Waals surface area contributed by atoms with E-state index < -0.39 is 0 Å². The molecule has 0 aliphatic carbocycles. The highest BCUT2D eigenvalue weighted by molar-refractivity contribution is 8.22. The lowest BCUT2D eigenvalue weighted by atomic mass is 10.5. The van der Waals surface area contributed by atoms with Gasteiger partial charge in [0.25, 0.3) is 0 Å². The van der Waals surface area contributed by atoms with E-state index in [9.17, 15) is 0 Å². The summed E-state index contributed by atoms with van der Waals surface area (Å²) in [6, 6.07) is 0. The fourth-order valence-corrected chi connectivity index (χ4v) is 1.49. The molecule has 0 atom stereocenters. The molecule has 0 aromatic carbocycles. The molecule has 0 bridgehead atoms. The fraction of sp³-hybridized carbons (Fsp3) is 0.857. The van der Waals surface area contributed by atoms with E-state index in [1.165, 1.54) is 0 Å². The Kier molecular flexibility index (Phi) is 6.13. The van der Waals surface area contributed by atoms with Crippen LogP contribution in [0.5, 0.6) is 0 Å². The number of thiocarbonyl (C=S) groups is 1. The first-order valence-electron chi connectivity index (χ1n) is 3.50. The van der Waals surface area contributed by atoms with E-state index in [4.69, 9.17) is 17.0 Å². The molecule has 0 saturated carbocycles. The van der Waals surface area contributed by atoms with Crippen molar-refractivity contribution >= 4 is 28.4 Å². The van der Waals surface area contributed by atoms with Gasteiger partial charge in [-0.3, -0.25) is 0 Å². The van der Waals surface area contributed by atoms with Crippen LogP contribution in [-0.2, 0) is 4.74 Å². The zero-order chi connectivity index (χ0) is 7.98. The summed E-state index contributed by atoms with van der Waals surface area (Å²) in [5.41, 5.74) is 0. The van der Waals surface area contributed by atoms with E-state index in [-0.39, 0.29) is 6.10 Å². The predicted octanol–water partition coefficient (Wildman–Crippen LogP) is 2.84. The molecule has 0 radical (unpaired) electrons. The maximum absolute atomic E-state index is 5.25. The Morgan fingerprint density at radius 2 is 2.20 bits per heavy atom. The highest BCUT2D eigenvalue weighted by atomic mass is 32.2. The normalized spacial score (nSPS) is 10.0. The van der Waals surface area contributed by atoms with Crippen LogP contribution in [0.1, 0.15) is 27.2 Å². The van der Waals surface area contributed by atoms with Crippen LogP contribution in [-0.4, -0.2) is 16.2 Å². The Hall–Kier alpha value is 0.240. The van der Waals surface area contributed by atoms with E-state index in [2.05, 4.69) is 6.92 Å². The first-order valence-corrected chi connectivity index (χ1v) is 4.89. The molecule has 0 saturated heterocycles. The van der Waals surface area contributed by atoms with Crippen LogP contribution in [0, 0.1) is 0 Å². The first kappa shape index (κ1) is 10.2. The lowest BCUT2D eigenvalue weighted by Crippen LogP contribution is -2.06. The summed E-state index contributed by atoms with van der Waals surface area (Å²) in [5, 5.41) is 0. The largest absolute Gasteiger partial charge is 0.476 e. The van der Waals surface area contributed by atoms with Gasteiger partial charge < -0.3 is 4.74 Å². The van der Waals surface area contributed by atoms with Crippen LogP contribution in [0.2, 0.25) is 0 Å². The van der Waals surface area contributed by atoms with E-state index >= 15 is 0 Å². The smallest absolute Gasteiger partial charge is 0.220 e. The highest BCUT2D eigenvalue weighted by Gasteiger charge is 1.99. The third-order valence-electron chi connectivity index (χ3n) is 0.756. The van der Waals surface area contributed by atoms with Crippen LogP contribution in [0.4, 0.5) is 0 Å². The van der Waals surface area contributed by atoms with Crippen LogP contribution in [0.15, 0.2) is 0 Å².